The highest BCUT2D eigenvalue weighted by Gasteiger charge is 2.32. The summed E-state index contributed by atoms with van der Waals surface area (Å²) in [5, 5.41) is 12.2. The molecule has 1 aliphatic carbocycles. The molecule has 2 aromatic rings. The van der Waals surface area contributed by atoms with E-state index >= 15 is 0 Å². The van der Waals surface area contributed by atoms with E-state index in [9.17, 15) is 23.1 Å². The zero-order valence-electron chi connectivity index (χ0n) is 25.2. The molecule has 2 aromatic carbocycles. The lowest BCUT2D eigenvalue weighted by Crippen LogP contribution is -2.42. The highest BCUT2D eigenvalue weighted by molar-refractivity contribution is 7.90. The van der Waals surface area contributed by atoms with Gasteiger partial charge in [0.05, 0.1) is 18.5 Å². The zero-order valence-corrected chi connectivity index (χ0v) is 26.0. The van der Waals surface area contributed by atoms with Gasteiger partial charge >= 0.3 is 5.97 Å². The summed E-state index contributed by atoms with van der Waals surface area (Å²) in [7, 11) is -3.38. The Bertz CT molecular complexity index is 1340. The maximum Gasteiger partial charge on any atom is 0.326 e. The van der Waals surface area contributed by atoms with Crippen molar-refractivity contribution in [1.82, 2.24) is 10.2 Å². The smallest absolute Gasteiger partial charge is 0.326 e. The van der Waals surface area contributed by atoms with E-state index in [2.05, 4.69) is 17.1 Å². The van der Waals surface area contributed by atoms with Gasteiger partial charge in [-0.05, 0) is 72.9 Å². The van der Waals surface area contributed by atoms with Crippen LogP contribution in [0.25, 0.3) is 11.1 Å². The molecule has 0 bridgehead atoms. The molecule has 1 amide bonds. The Kier molecular flexibility index (Phi) is 11.2. The molecular weight excluding hydrogens is 552 g/mol. The molecule has 3 atom stereocenters. The van der Waals surface area contributed by atoms with Gasteiger partial charge in [0, 0.05) is 31.0 Å². The Balaban J connectivity index is 1.57. The van der Waals surface area contributed by atoms with E-state index in [4.69, 9.17) is 4.74 Å². The molecule has 2 N–H and O–H groups in total. The maximum absolute atomic E-state index is 13.5. The first-order valence-corrected chi connectivity index (χ1v) is 17.4. The average molecular weight is 599 g/mol. The molecule has 1 saturated heterocycles. The lowest BCUT2D eigenvalue weighted by molar-refractivity contribution is -0.139. The number of sulfone groups is 1. The monoisotopic (exact) mass is 598 g/mol. The van der Waals surface area contributed by atoms with E-state index in [0.29, 0.717) is 23.6 Å². The van der Waals surface area contributed by atoms with Crippen LogP contribution in [-0.2, 0) is 25.9 Å². The van der Waals surface area contributed by atoms with Gasteiger partial charge < -0.3 is 15.2 Å². The van der Waals surface area contributed by atoms with Crippen LogP contribution in [0.15, 0.2) is 42.5 Å². The minimum atomic E-state index is -3.38. The number of hydrogen-bond donors (Lipinski definition) is 2. The first-order chi connectivity index (χ1) is 20.0. The number of carbonyl (C=O) groups excluding carboxylic acids is 1. The fourth-order valence-electron chi connectivity index (χ4n) is 6.28. The van der Waals surface area contributed by atoms with Gasteiger partial charge in [0.15, 0.2) is 0 Å². The maximum atomic E-state index is 13.5. The van der Waals surface area contributed by atoms with Crippen molar-refractivity contribution in [3.05, 3.63) is 59.2 Å². The van der Waals surface area contributed by atoms with E-state index in [1.165, 1.54) is 19.3 Å². The number of ether oxygens (including phenoxy) is 1. The molecule has 9 heteroatoms. The van der Waals surface area contributed by atoms with Crippen molar-refractivity contribution in [1.29, 1.82) is 0 Å². The van der Waals surface area contributed by atoms with Crippen molar-refractivity contribution in [2.75, 3.05) is 25.2 Å². The first-order valence-electron chi connectivity index (χ1n) is 15.3. The van der Waals surface area contributed by atoms with Crippen LogP contribution in [0.2, 0.25) is 0 Å². The molecular formula is C33H46N2O6S. The van der Waals surface area contributed by atoms with Crippen LogP contribution < -0.4 is 5.32 Å². The minimum Gasteiger partial charge on any atom is -0.480 e. The van der Waals surface area contributed by atoms with Gasteiger partial charge in [-0.15, -0.1) is 0 Å². The standard InChI is InChI=1S/C33H46N2O6S/c1-4-24-18-26(22-41-27-11-6-5-7-12-27)35(20-24)21-25-14-15-29(30(19-25)28-13-9-8-10-23(28)2)32(36)34-31(33(37)38)16-17-42(3,39)40/h8-10,13-15,19,24,26-27,31H,4-7,11-12,16-18,20-22H2,1-3H3,(H,34,36)(H,37,38)/t24-,26-,31+/m1/s1. The Morgan fingerprint density at radius 3 is 2.50 bits per heavy atom. The Morgan fingerprint density at radius 2 is 1.83 bits per heavy atom. The predicted octanol–water partition coefficient (Wildman–Crippen LogP) is 5.23. The third-order valence-electron chi connectivity index (χ3n) is 8.80. The molecule has 8 nitrogen and oxygen atoms in total. The van der Waals surface area contributed by atoms with E-state index in [1.807, 2.05) is 43.3 Å². The second-order valence-electron chi connectivity index (χ2n) is 12.2. The van der Waals surface area contributed by atoms with Gasteiger partial charge in [0.1, 0.15) is 15.9 Å². The number of likely N-dealkylation sites (tertiary alicyclic amines) is 1. The van der Waals surface area contributed by atoms with Crippen LogP contribution in [-0.4, -0.2) is 73.6 Å². The third kappa shape index (κ3) is 8.88. The Labute approximate surface area is 250 Å². The molecule has 0 aromatic heterocycles. The van der Waals surface area contributed by atoms with E-state index in [1.54, 1.807) is 6.07 Å². The fraction of sp³-hybridized carbons (Fsp3) is 0.576. The Morgan fingerprint density at radius 1 is 1.10 bits per heavy atom. The quantitative estimate of drug-likeness (QED) is 0.325. The number of aryl methyl sites for hydroxylation is 1. The normalized spacial score (nSPS) is 20.8. The van der Waals surface area contributed by atoms with E-state index in [0.717, 1.165) is 73.9 Å². The van der Waals surface area contributed by atoms with Gasteiger partial charge in [0.2, 0.25) is 0 Å². The van der Waals surface area contributed by atoms with Crippen LogP contribution in [0.3, 0.4) is 0 Å². The number of carbonyl (C=O) groups is 2. The largest absolute Gasteiger partial charge is 0.480 e. The van der Waals surface area contributed by atoms with E-state index < -0.39 is 27.8 Å². The molecule has 2 fully saturated rings. The van der Waals surface area contributed by atoms with Crippen LogP contribution in [0, 0.1) is 12.8 Å². The summed E-state index contributed by atoms with van der Waals surface area (Å²) in [6.45, 7) is 6.73. The third-order valence-corrected chi connectivity index (χ3v) is 9.78. The summed E-state index contributed by atoms with van der Waals surface area (Å²) in [5.74, 6) is -1.49. The molecule has 2 aliphatic rings. The molecule has 230 valence electrons. The molecule has 0 radical (unpaired) electrons. The van der Waals surface area contributed by atoms with Crippen molar-refractivity contribution in [3.8, 4) is 11.1 Å². The summed E-state index contributed by atoms with van der Waals surface area (Å²) in [6.07, 6.45) is 9.61. The highest BCUT2D eigenvalue weighted by Crippen LogP contribution is 2.32. The predicted molar refractivity (Wildman–Crippen MR) is 165 cm³/mol. The van der Waals surface area contributed by atoms with Crippen LogP contribution in [0.5, 0.6) is 0 Å². The zero-order chi connectivity index (χ0) is 30.3. The Hall–Kier alpha value is -2.75. The number of carboxylic acids is 1. The van der Waals surface area contributed by atoms with Crippen LogP contribution >= 0.6 is 0 Å². The summed E-state index contributed by atoms with van der Waals surface area (Å²) in [6, 6.07) is 12.6. The number of rotatable bonds is 13. The molecule has 1 aliphatic heterocycles. The van der Waals surface area contributed by atoms with Crippen molar-refractivity contribution >= 4 is 21.7 Å². The number of hydrogen-bond acceptors (Lipinski definition) is 6. The van der Waals surface area contributed by atoms with Gasteiger partial charge in [-0.2, -0.15) is 0 Å². The van der Waals surface area contributed by atoms with Gasteiger partial charge in [-0.25, -0.2) is 13.2 Å². The van der Waals surface area contributed by atoms with Crippen LogP contribution in [0.1, 0.15) is 79.8 Å². The lowest BCUT2D eigenvalue weighted by Gasteiger charge is -2.28. The van der Waals surface area contributed by atoms with Crippen molar-refractivity contribution in [2.45, 2.75) is 89.9 Å². The lowest BCUT2D eigenvalue weighted by atomic mass is 9.93. The summed E-state index contributed by atoms with van der Waals surface area (Å²) >= 11 is 0. The number of nitrogens with one attached hydrogen (secondary N) is 1. The second kappa shape index (κ2) is 14.6. The molecule has 4 rings (SSSR count). The first kappa shape index (κ1) is 32.2. The topological polar surface area (TPSA) is 113 Å². The van der Waals surface area contributed by atoms with Gasteiger partial charge in [-0.3, -0.25) is 9.69 Å². The number of benzene rings is 2. The fourth-order valence-corrected chi connectivity index (χ4v) is 6.94. The molecule has 1 saturated carbocycles. The number of amides is 1. The minimum absolute atomic E-state index is 0.199. The number of carboxylic acid groups (broad SMARTS) is 1. The molecule has 0 unspecified atom stereocenters. The van der Waals surface area contributed by atoms with Crippen molar-refractivity contribution in [3.63, 3.8) is 0 Å². The van der Waals surface area contributed by atoms with E-state index in [-0.39, 0.29) is 12.2 Å². The average Bonchev–Trinajstić information content (AvgIpc) is 3.35. The SMILES string of the molecule is CC[C@@H]1C[C@H](COC2CCCCC2)N(Cc2ccc(C(=O)N[C@@H](CCS(C)(=O)=O)C(=O)O)c(-c3ccccc3C)c2)C1. The van der Waals surface area contributed by atoms with Gasteiger partial charge in [0.25, 0.3) is 5.91 Å². The molecule has 1 heterocycles. The van der Waals surface area contributed by atoms with Crippen molar-refractivity contribution in [2.24, 2.45) is 5.92 Å². The molecule has 42 heavy (non-hydrogen) atoms. The second-order valence-corrected chi connectivity index (χ2v) is 14.4. The summed E-state index contributed by atoms with van der Waals surface area (Å²) < 4.78 is 29.7. The van der Waals surface area contributed by atoms with Crippen molar-refractivity contribution < 1.29 is 27.9 Å². The molecule has 0 spiro atoms. The number of nitrogens with zero attached hydrogens (tertiary/aromatic N) is 1. The number of aliphatic carboxylic acids is 1. The summed E-state index contributed by atoms with van der Waals surface area (Å²) in [5.41, 5.74) is 4.08. The van der Waals surface area contributed by atoms with Crippen LogP contribution in [0.4, 0.5) is 0 Å². The van der Waals surface area contributed by atoms with Gasteiger partial charge in [-0.1, -0.05) is 62.9 Å². The highest BCUT2D eigenvalue weighted by atomic mass is 32.2. The summed E-state index contributed by atoms with van der Waals surface area (Å²) in [4.78, 5) is 27.8.